The average Bonchev–Trinajstić information content (AvgIpc) is 2.12. The van der Waals surface area contributed by atoms with Crippen molar-refractivity contribution >= 4 is 5.91 Å². The predicted molar refractivity (Wildman–Crippen MR) is 76.5 cm³/mol. The molecule has 1 aliphatic rings. The second kappa shape index (κ2) is 5.60. The van der Waals surface area contributed by atoms with Gasteiger partial charge >= 0.3 is 0 Å². The Kier molecular flexibility index (Phi) is 4.82. The number of amides is 1. The van der Waals surface area contributed by atoms with Crippen LogP contribution >= 0.6 is 0 Å². The molecule has 2 atom stereocenters. The Labute approximate surface area is 112 Å². The van der Waals surface area contributed by atoms with E-state index in [1.54, 1.807) is 0 Å². The van der Waals surface area contributed by atoms with Crippen LogP contribution in [0.1, 0.15) is 67.2 Å². The fourth-order valence-electron chi connectivity index (χ4n) is 2.75. The zero-order valence-electron chi connectivity index (χ0n) is 12.9. The van der Waals surface area contributed by atoms with Crippen LogP contribution in [0.15, 0.2) is 0 Å². The molecular weight excluding hydrogens is 224 g/mol. The van der Waals surface area contributed by atoms with Gasteiger partial charge in [-0.05, 0) is 52.4 Å². The largest absolute Gasteiger partial charge is 0.350 e. The first-order valence-electron chi connectivity index (χ1n) is 7.17. The van der Waals surface area contributed by atoms with Crippen LogP contribution in [-0.4, -0.2) is 23.5 Å². The minimum atomic E-state index is -0.154. The van der Waals surface area contributed by atoms with Crippen LogP contribution in [0.25, 0.3) is 0 Å². The maximum Gasteiger partial charge on any atom is 0.237 e. The summed E-state index contributed by atoms with van der Waals surface area (Å²) in [6.07, 6.45) is 4.92. The van der Waals surface area contributed by atoms with E-state index in [0.717, 1.165) is 0 Å². The molecule has 2 unspecified atom stereocenters. The van der Waals surface area contributed by atoms with E-state index in [1.807, 2.05) is 27.7 Å². The lowest BCUT2D eigenvalue weighted by Gasteiger charge is -2.37. The number of rotatable bonds is 3. The van der Waals surface area contributed by atoms with Crippen LogP contribution in [0.4, 0.5) is 0 Å². The molecule has 2 N–H and O–H groups in total. The third-order valence-electron chi connectivity index (χ3n) is 3.58. The van der Waals surface area contributed by atoms with E-state index in [9.17, 15) is 4.79 Å². The number of nitrogens with one attached hydrogen (secondary N) is 2. The van der Waals surface area contributed by atoms with Crippen LogP contribution in [0.2, 0.25) is 0 Å². The molecule has 0 radical (unpaired) electrons. The Bertz CT molecular complexity index is 291. The molecule has 0 spiro atoms. The van der Waals surface area contributed by atoms with E-state index in [4.69, 9.17) is 0 Å². The quantitative estimate of drug-likeness (QED) is 0.813. The molecule has 0 aliphatic heterocycles. The van der Waals surface area contributed by atoms with Crippen molar-refractivity contribution < 1.29 is 4.79 Å². The van der Waals surface area contributed by atoms with Crippen molar-refractivity contribution in [3.63, 3.8) is 0 Å². The SMILES string of the molecule is CC(NC1CCCC(C)(C)C1)C(=O)NC(C)(C)C. The van der Waals surface area contributed by atoms with Gasteiger partial charge in [-0.2, -0.15) is 0 Å². The molecule has 3 nitrogen and oxygen atoms in total. The highest BCUT2D eigenvalue weighted by atomic mass is 16.2. The van der Waals surface area contributed by atoms with Gasteiger partial charge in [0.15, 0.2) is 0 Å². The van der Waals surface area contributed by atoms with Gasteiger partial charge in [-0.1, -0.05) is 20.3 Å². The summed E-state index contributed by atoms with van der Waals surface area (Å²) < 4.78 is 0. The Hall–Kier alpha value is -0.570. The van der Waals surface area contributed by atoms with Gasteiger partial charge < -0.3 is 10.6 Å². The molecule has 1 aliphatic carbocycles. The molecule has 1 fully saturated rings. The summed E-state index contributed by atoms with van der Waals surface area (Å²) in [5, 5.41) is 6.51. The van der Waals surface area contributed by atoms with Gasteiger partial charge in [0.1, 0.15) is 0 Å². The Balaban J connectivity index is 2.44. The van der Waals surface area contributed by atoms with E-state index in [1.165, 1.54) is 25.7 Å². The third kappa shape index (κ3) is 5.38. The summed E-state index contributed by atoms with van der Waals surface area (Å²) in [6, 6.07) is 0.373. The smallest absolute Gasteiger partial charge is 0.237 e. The number of carbonyl (C=O) groups is 1. The maximum absolute atomic E-state index is 12.0. The van der Waals surface area contributed by atoms with Crippen LogP contribution in [0.3, 0.4) is 0 Å². The van der Waals surface area contributed by atoms with E-state index in [-0.39, 0.29) is 17.5 Å². The molecule has 0 aromatic carbocycles. The van der Waals surface area contributed by atoms with Crippen molar-refractivity contribution in [2.45, 2.75) is 84.8 Å². The summed E-state index contributed by atoms with van der Waals surface area (Å²) in [4.78, 5) is 12.0. The van der Waals surface area contributed by atoms with Gasteiger partial charge in [0.25, 0.3) is 0 Å². The van der Waals surface area contributed by atoms with Crippen LogP contribution in [0, 0.1) is 5.41 Å². The summed E-state index contributed by atoms with van der Waals surface area (Å²) in [6.45, 7) is 12.6. The van der Waals surface area contributed by atoms with Gasteiger partial charge in [-0.15, -0.1) is 0 Å². The topological polar surface area (TPSA) is 41.1 Å². The molecule has 1 saturated carbocycles. The highest BCUT2D eigenvalue weighted by Gasteiger charge is 2.30. The number of hydrogen-bond donors (Lipinski definition) is 2. The average molecular weight is 254 g/mol. The van der Waals surface area contributed by atoms with Crippen LogP contribution in [0.5, 0.6) is 0 Å². The van der Waals surface area contributed by atoms with Crippen molar-refractivity contribution in [3.05, 3.63) is 0 Å². The van der Waals surface area contributed by atoms with Crippen LogP contribution in [-0.2, 0) is 4.79 Å². The molecule has 3 heteroatoms. The number of hydrogen-bond acceptors (Lipinski definition) is 2. The zero-order chi connectivity index (χ0) is 14.0. The summed E-state index contributed by atoms with van der Waals surface area (Å²) in [7, 11) is 0. The van der Waals surface area contributed by atoms with Crippen LogP contribution < -0.4 is 10.6 Å². The zero-order valence-corrected chi connectivity index (χ0v) is 12.9. The second-order valence-electron chi connectivity index (χ2n) is 7.59. The van der Waals surface area contributed by atoms with Crippen molar-refractivity contribution in [3.8, 4) is 0 Å². The normalized spacial score (nSPS) is 25.6. The summed E-state index contributed by atoms with van der Waals surface area (Å²) in [5.41, 5.74) is 0.259. The minimum absolute atomic E-state index is 0.103. The van der Waals surface area contributed by atoms with Crippen molar-refractivity contribution in [1.29, 1.82) is 0 Å². The molecule has 0 aromatic rings. The fraction of sp³-hybridized carbons (Fsp3) is 0.933. The minimum Gasteiger partial charge on any atom is -0.350 e. The third-order valence-corrected chi connectivity index (χ3v) is 3.58. The first-order chi connectivity index (χ1) is 8.09. The lowest BCUT2D eigenvalue weighted by atomic mass is 9.75. The van der Waals surface area contributed by atoms with Crippen molar-refractivity contribution in [2.24, 2.45) is 5.41 Å². The molecule has 0 bridgehead atoms. The Morgan fingerprint density at radius 2 is 1.94 bits per heavy atom. The molecule has 106 valence electrons. The van der Waals surface area contributed by atoms with E-state index >= 15 is 0 Å². The van der Waals surface area contributed by atoms with E-state index in [0.29, 0.717) is 11.5 Å². The van der Waals surface area contributed by atoms with Gasteiger partial charge in [0.2, 0.25) is 5.91 Å². The van der Waals surface area contributed by atoms with E-state index < -0.39 is 0 Å². The van der Waals surface area contributed by atoms with Crippen molar-refractivity contribution in [1.82, 2.24) is 10.6 Å². The predicted octanol–water partition coefficient (Wildman–Crippen LogP) is 2.85. The van der Waals surface area contributed by atoms with Gasteiger partial charge in [0, 0.05) is 11.6 Å². The summed E-state index contributed by atoms with van der Waals surface area (Å²) >= 11 is 0. The van der Waals surface area contributed by atoms with Gasteiger partial charge in [-0.3, -0.25) is 4.79 Å². The lowest BCUT2D eigenvalue weighted by molar-refractivity contribution is -0.124. The molecular formula is C15H30N2O. The van der Waals surface area contributed by atoms with E-state index in [2.05, 4.69) is 24.5 Å². The molecule has 0 saturated heterocycles. The second-order valence-corrected chi connectivity index (χ2v) is 7.59. The molecule has 1 amide bonds. The molecule has 1 rings (SSSR count). The number of carbonyl (C=O) groups excluding carboxylic acids is 1. The standard InChI is InChI=1S/C15H30N2O/c1-11(13(18)17-14(2,3)4)16-12-8-7-9-15(5,6)10-12/h11-12,16H,7-10H2,1-6H3,(H,17,18). The highest BCUT2D eigenvalue weighted by molar-refractivity contribution is 5.81. The van der Waals surface area contributed by atoms with Crippen molar-refractivity contribution in [2.75, 3.05) is 0 Å². The Morgan fingerprint density at radius 3 is 2.44 bits per heavy atom. The first-order valence-corrected chi connectivity index (χ1v) is 7.17. The fourth-order valence-corrected chi connectivity index (χ4v) is 2.75. The monoisotopic (exact) mass is 254 g/mol. The summed E-state index contributed by atoms with van der Waals surface area (Å²) in [5.74, 6) is 0.103. The molecule has 18 heavy (non-hydrogen) atoms. The maximum atomic E-state index is 12.0. The lowest BCUT2D eigenvalue weighted by Crippen LogP contribution is -2.52. The van der Waals surface area contributed by atoms with Gasteiger partial charge in [0.05, 0.1) is 6.04 Å². The highest BCUT2D eigenvalue weighted by Crippen LogP contribution is 2.35. The Morgan fingerprint density at radius 1 is 1.33 bits per heavy atom. The molecule has 0 aromatic heterocycles. The first kappa shape index (κ1) is 15.5. The molecule has 0 heterocycles. The van der Waals surface area contributed by atoms with Gasteiger partial charge in [-0.25, -0.2) is 0 Å².